The van der Waals surface area contributed by atoms with Crippen LogP contribution in [0, 0.1) is 4.64 Å². The van der Waals surface area contributed by atoms with E-state index in [1.165, 1.54) is 0 Å². The van der Waals surface area contributed by atoms with Crippen molar-refractivity contribution in [3.63, 3.8) is 0 Å². The van der Waals surface area contributed by atoms with Crippen LogP contribution >= 0.6 is 12.2 Å². The summed E-state index contributed by atoms with van der Waals surface area (Å²) in [7, 11) is 0. The summed E-state index contributed by atoms with van der Waals surface area (Å²) in [4.78, 5) is 11.7. The zero-order valence-corrected chi connectivity index (χ0v) is 10.1. The fourth-order valence-electron chi connectivity index (χ4n) is 1.43. The zero-order valence-electron chi connectivity index (χ0n) is 9.27. The van der Waals surface area contributed by atoms with Gasteiger partial charge >= 0.3 is 0 Å². The van der Waals surface area contributed by atoms with Crippen molar-refractivity contribution in [2.24, 2.45) is 0 Å². The van der Waals surface area contributed by atoms with Gasteiger partial charge in [-0.1, -0.05) is 26.1 Å². The van der Waals surface area contributed by atoms with Crippen molar-refractivity contribution in [3.8, 4) is 11.4 Å². The molecule has 0 fully saturated rings. The van der Waals surface area contributed by atoms with Crippen LogP contribution in [-0.2, 0) is 0 Å². The third-order valence-electron chi connectivity index (χ3n) is 2.32. The fourth-order valence-corrected chi connectivity index (χ4v) is 1.65. The predicted octanol–water partition coefficient (Wildman–Crippen LogP) is 3.32. The number of aromatic amines is 1. The molecule has 2 heterocycles. The van der Waals surface area contributed by atoms with Gasteiger partial charge in [0.15, 0.2) is 0 Å². The maximum Gasteiger partial charge on any atom is 0.140 e. The first-order valence-electron chi connectivity index (χ1n) is 5.18. The van der Waals surface area contributed by atoms with Crippen molar-refractivity contribution in [1.82, 2.24) is 15.0 Å². The Hall–Kier alpha value is -1.55. The van der Waals surface area contributed by atoms with E-state index in [1.54, 1.807) is 12.4 Å². The van der Waals surface area contributed by atoms with Gasteiger partial charge in [-0.15, -0.1) is 0 Å². The molecular formula is C12H13N3S. The lowest BCUT2D eigenvalue weighted by atomic mass is 10.1. The molecule has 0 aromatic carbocycles. The monoisotopic (exact) mass is 231 g/mol. The van der Waals surface area contributed by atoms with Crippen molar-refractivity contribution < 1.29 is 0 Å². The van der Waals surface area contributed by atoms with E-state index >= 15 is 0 Å². The summed E-state index contributed by atoms with van der Waals surface area (Å²) in [5, 5.41) is 0. The highest BCUT2D eigenvalue weighted by Crippen LogP contribution is 2.17. The summed E-state index contributed by atoms with van der Waals surface area (Å²) in [5.41, 5.74) is 2.05. The van der Waals surface area contributed by atoms with E-state index in [2.05, 4.69) is 28.8 Å². The molecule has 0 unspecified atom stereocenters. The number of rotatable bonds is 2. The Morgan fingerprint density at radius 3 is 2.81 bits per heavy atom. The van der Waals surface area contributed by atoms with Crippen molar-refractivity contribution >= 4 is 12.2 Å². The predicted molar refractivity (Wildman–Crippen MR) is 66.7 cm³/mol. The highest BCUT2D eigenvalue weighted by molar-refractivity contribution is 7.71. The van der Waals surface area contributed by atoms with E-state index in [1.807, 2.05) is 18.2 Å². The molecule has 4 heteroatoms. The van der Waals surface area contributed by atoms with Crippen LogP contribution in [-0.4, -0.2) is 15.0 Å². The van der Waals surface area contributed by atoms with Crippen LogP contribution in [0.2, 0.25) is 0 Å². The summed E-state index contributed by atoms with van der Waals surface area (Å²) in [5.74, 6) is 1.18. The van der Waals surface area contributed by atoms with Gasteiger partial charge in [-0.05, 0) is 24.1 Å². The molecule has 0 aliphatic carbocycles. The topological polar surface area (TPSA) is 41.6 Å². The number of hydrogen-bond acceptors (Lipinski definition) is 3. The minimum absolute atomic E-state index is 0.403. The number of nitrogens with zero attached hydrogens (tertiary/aromatic N) is 2. The molecule has 2 aromatic heterocycles. The van der Waals surface area contributed by atoms with Gasteiger partial charge in [0.25, 0.3) is 0 Å². The first kappa shape index (κ1) is 11.0. The smallest absolute Gasteiger partial charge is 0.140 e. The molecule has 0 aliphatic heterocycles. The van der Waals surface area contributed by atoms with Crippen LogP contribution in [0.5, 0.6) is 0 Å². The molecule has 0 aliphatic rings. The number of pyridine rings is 1. The number of aromatic nitrogens is 3. The Kier molecular flexibility index (Phi) is 3.10. The summed E-state index contributed by atoms with van der Waals surface area (Å²) >= 11 is 5.15. The molecule has 0 bridgehead atoms. The largest absolute Gasteiger partial charge is 0.343 e. The van der Waals surface area contributed by atoms with Gasteiger partial charge in [-0.3, -0.25) is 4.98 Å². The number of nitrogens with one attached hydrogen (secondary N) is 1. The van der Waals surface area contributed by atoms with Gasteiger partial charge in [-0.25, -0.2) is 4.98 Å². The van der Waals surface area contributed by atoms with Crippen LogP contribution in [0.1, 0.15) is 25.5 Å². The van der Waals surface area contributed by atoms with Gasteiger partial charge in [0.2, 0.25) is 0 Å². The van der Waals surface area contributed by atoms with Crippen LogP contribution in [0.3, 0.4) is 0 Å². The van der Waals surface area contributed by atoms with Crippen LogP contribution in [0.4, 0.5) is 0 Å². The van der Waals surface area contributed by atoms with E-state index in [0.717, 1.165) is 17.1 Å². The van der Waals surface area contributed by atoms with Crippen molar-refractivity contribution in [2.75, 3.05) is 0 Å². The maximum absolute atomic E-state index is 5.15. The van der Waals surface area contributed by atoms with E-state index in [9.17, 15) is 0 Å². The van der Waals surface area contributed by atoms with Gasteiger partial charge in [0, 0.05) is 23.7 Å². The van der Waals surface area contributed by atoms with Gasteiger partial charge in [0.05, 0.1) is 0 Å². The molecule has 2 aromatic rings. The normalized spacial score (nSPS) is 10.7. The zero-order chi connectivity index (χ0) is 11.5. The molecule has 0 saturated heterocycles. The van der Waals surface area contributed by atoms with Gasteiger partial charge in [-0.2, -0.15) is 0 Å². The first-order valence-corrected chi connectivity index (χ1v) is 5.59. The third kappa shape index (κ3) is 2.33. The van der Waals surface area contributed by atoms with Crippen molar-refractivity contribution in [3.05, 3.63) is 40.9 Å². The molecule has 0 spiro atoms. The molecule has 2 rings (SSSR count). The minimum Gasteiger partial charge on any atom is -0.343 e. The van der Waals surface area contributed by atoms with E-state index < -0.39 is 0 Å². The van der Waals surface area contributed by atoms with Crippen LogP contribution in [0.25, 0.3) is 11.4 Å². The van der Waals surface area contributed by atoms with Gasteiger partial charge < -0.3 is 4.98 Å². The summed E-state index contributed by atoms with van der Waals surface area (Å²) in [6.07, 6.45) is 3.52. The highest BCUT2D eigenvalue weighted by atomic mass is 32.1. The summed E-state index contributed by atoms with van der Waals surface area (Å²) < 4.78 is 0.612. The molecule has 0 saturated carbocycles. The number of hydrogen-bond donors (Lipinski definition) is 1. The number of H-pyrrole nitrogens is 1. The standard InChI is InChI=1S/C12H13N3S/c1-8(2)10-6-11(16)15-12(14-10)9-4-3-5-13-7-9/h3-8H,1-2H3,(H,14,15,16). The Balaban J connectivity index is 2.54. The summed E-state index contributed by atoms with van der Waals surface area (Å²) in [6.45, 7) is 4.24. The highest BCUT2D eigenvalue weighted by Gasteiger charge is 2.04. The molecule has 82 valence electrons. The van der Waals surface area contributed by atoms with E-state index in [4.69, 9.17) is 12.2 Å². The first-order chi connectivity index (χ1) is 7.66. The van der Waals surface area contributed by atoms with Crippen LogP contribution in [0.15, 0.2) is 30.6 Å². The molecule has 16 heavy (non-hydrogen) atoms. The SMILES string of the molecule is CC(C)c1cc(=S)nc(-c2cccnc2)[nH]1. The average Bonchev–Trinajstić information content (AvgIpc) is 2.29. The lowest BCUT2D eigenvalue weighted by Crippen LogP contribution is -1.98. The second-order valence-electron chi connectivity index (χ2n) is 3.92. The second kappa shape index (κ2) is 4.53. The second-order valence-corrected chi connectivity index (χ2v) is 4.34. The Morgan fingerprint density at radius 1 is 1.38 bits per heavy atom. The molecular weight excluding hydrogens is 218 g/mol. The molecule has 0 atom stereocenters. The fraction of sp³-hybridized carbons (Fsp3) is 0.250. The van der Waals surface area contributed by atoms with E-state index in [-0.39, 0.29) is 0 Å². The average molecular weight is 231 g/mol. The lowest BCUT2D eigenvalue weighted by molar-refractivity contribution is 0.815. The Labute approximate surface area is 99.6 Å². The minimum atomic E-state index is 0.403. The van der Waals surface area contributed by atoms with E-state index in [0.29, 0.717) is 10.6 Å². The van der Waals surface area contributed by atoms with Crippen molar-refractivity contribution in [2.45, 2.75) is 19.8 Å². The summed E-state index contributed by atoms with van der Waals surface area (Å²) in [6, 6.07) is 5.75. The Morgan fingerprint density at radius 2 is 2.19 bits per heavy atom. The molecule has 3 nitrogen and oxygen atoms in total. The maximum atomic E-state index is 5.15. The quantitative estimate of drug-likeness (QED) is 0.806. The van der Waals surface area contributed by atoms with Crippen molar-refractivity contribution in [1.29, 1.82) is 0 Å². The van der Waals surface area contributed by atoms with Crippen LogP contribution < -0.4 is 0 Å². The third-order valence-corrected chi connectivity index (χ3v) is 2.53. The Bertz CT molecular complexity index is 531. The lowest BCUT2D eigenvalue weighted by Gasteiger charge is -2.08. The molecule has 0 amide bonds. The molecule has 0 radical (unpaired) electrons. The van der Waals surface area contributed by atoms with Gasteiger partial charge in [0.1, 0.15) is 10.5 Å². The molecule has 1 N–H and O–H groups in total.